The fraction of sp³-hybridized carbons (Fsp3) is 0.182. The summed E-state index contributed by atoms with van der Waals surface area (Å²) in [6.45, 7) is 2.13. The average Bonchev–Trinajstić information content (AvgIpc) is 2.18. The molecule has 0 heterocycles. The van der Waals surface area contributed by atoms with E-state index in [-0.39, 0.29) is 0 Å². The zero-order valence-corrected chi connectivity index (χ0v) is 8.17. The fourth-order valence-corrected chi connectivity index (χ4v) is 1.02. The smallest absolute Gasteiger partial charge is 0.194 e. The van der Waals surface area contributed by atoms with Crippen molar-refractivity contribution in [2.75, 3.05) is 6.61 Å². The van der Waals surface area contributed by atoms with Crippen molar-refractivity contribution in [2.45, 2.75) is 6.92 Å². The molecule has 15 heavy (non-hydrogen) atoms. The predicted molar refractivity (Wildman–Crippen MR) is 51.5 cm³/mol. The van der Waals surface area contributed by atoms with Crippen molar-refractivity contribution in [3.05, 3.63) is 47.7 Å². The van der Waals surface area contributed by atoms with E-state index in [2.05, 4.69) is 0 Å². The topological polar surface area (TPSA) is 26.3 Å². The minimum absolute atomic E-state index is 0.392. The lowest BCUT2D eigenvalue weighted by atomic mass is 10.1. The van der Waals surface area contributed by atoms with Gasteiger partial charge in [-0.05, 0) is 19.1 Å². The van der Waals surface area contributed by atoms with Crippen LogP contribution in [0.1, 0.15) is 17.3 Å². The molecular formula is C11H10F2O2. The van der Waals surface area contributed by atoms with Gasteiger partial charge in [-0.1, -0.05) is 6.07 Å². The Labute approximate surface area is 86.2 Å². The van der Waals surface area contributed by atoms with Crippen molar-refractivity contribution in [3.63, 3.8) is 0 Å². The van der Waals surface area contributed by atoms with E-state index < -0.39 is 23.0 Å². The Morgan fingerprint density at radius 1 is 1.40 bits per heavy atom. The summed E-state index contributed by atoms with van der Waals surface area (Å²) >= 11 is 0. The molecule has 0 fully saturated rings. The largest absolute Gasteiger partial charge is 0.501 e. The highest BCUT2D eigenvalue weighted by atomic mass is 19.1. The number of carbonyl (C=O) groups is 1. The van der Waals surface area contributed by atoms with E-state index in [1.165, 1.54) is 6.07 Å². The Morgan fingerprint density at radius 2 is 2.00 bits per heavy atom. The van der Waals surface area contributed by atoms with Crippen LogP contribution in [0.2, 0.25) is 0 Å². The van der Waals surface area contributed by atoms with E-state index in [4.69, 9.17) is 4.74 Å². The number of benzene rings is 1. The van der Waals surface area contributed by atoms with Gasteiger partial charge in [0.1, 0.15) is 11.6 Å². The highest BCUT2D eigenvalue weighted by molar-refractivity contribution is 6.04. The van der Waals surface area contributed by atoms with Gasteiger partial charge in [0.15, 0.2) is 5.78 Å². The van der Waals surface area contributed by atoms with Gasteiger partial charge in [-0.25, -0.2) is 8.78 Å². The molecule has 0 radical (unpaired) electrons. The van der Waals surface area contributed by atoms with E-state index in [1.54, 1.807) is 6.92 Å². The second-order valence-electron chi connectivity index (χ2n) is 2.72. The zero-order valence-electron chi connectivity index (χ0n) is 8.17. The molecule has 0 aliphatic carbocycles. The molecule has 0 atom stereocenters. The monoisotopic (exact) mass is 212 g/mol. The van der Waals surface area contributed by atoms with Crippen LogP contribution in [0.4, 0.5) is 8.78 Å². The first-order valence-corrected chi connectivity index (χ1v) is 4.43. The summed E-state index contributed by atoms with van der Waals surface area (Å²) in [7, 11) is 0. The molecule has 0 saturated carbocycles. The summed E-state index contributed by atoms with van der Waals surface area (Å²) in [4.78, 5) is 11.3. The zero-order chi connectivity index (χ0) is 11.3. The molecule has 0 aliphatic heterocycles. The standard InChI is InChI=1S/C11H10F2O2/c1-2-15-7-6-10(14)11-8(12)4-3-5-9(11)13/h3-7H,2H2,1H3. The van der Waals surface area contributed by atoms with Crippen LogP contribution < -0.4 is 0 Å². The lowest BCUT2D eigenvalue weighted by Crippen LogP contribution is -2.02. The Kier molecular flexibility index (Phi) is 3.97. The van der Waals surface area contributed by atoms with Crippen molar-refractivity contribution >= 4 is 5.78 Å². The van der Waals surface area contributed by atoms with Crippen molar-refractivity contribution in [1.29, 1.82) is 0 Å². The van der Waals surface area contributed by atoms with Gasteiger partial charge in [0.05, 0.1) is 18.4 Å². The van der Waals surface area contributed by atoms with E-state index in [9.17, 15) is 13.6 Å². The van der Waals surface area contributed by atoms with Crippen LogP contribution in [0.5, 0.6) is 0 Å². The molecule has 1 rings (SSSR count). The number of rotatable bonds is 4. The molecule has 0 unspecified atom stereocenters. The fourth-order valence-electron chi connectivity index (χ4n) is 1.02. The summed E-state index contributed by atoms with van der Waals surface area (Å²) in [5, 5.41) is 0. The maximum Gasteiger partial charge on any atom is 0.194 e. The minimum Gasteiger partial charge on any atom is -0.501 e. The molecule has 4 heteroatoms. The molecule has 0 bridgehead atoms. The molecular weight excluding hydrogens is 202 g/mol. The SMILES string of the molecule is CCOC=CC(=O)c1c(F)cccc1F. The minimum atomic E-state index is -0.874. The first-order chi connectivity index (χ1) is 7.16. The maximum atomic E-state index is 13.1. The van der Waals surface area contributed by atoms with Crippen LogP contribution >= 0.6 is 0 Å². The second-order valence-corrected chi connectivity index (χ2v) is 2.72. The molecule has 0 N–H and O–H groups in total. The highest BCUT2D eigenvalue weighted by Crippen LogP contribution is 2.13. The van der Waals surface area contributed by atoms with Crippen LogP contribution in [-0.4, -0.2) is 12.4 Å². The Bertz CT molecular complexity index is 366. The lowest BCUT2D eigenvalue weighted by Gasteiger charge is -1.99. The molecule has 0 amide bonds. The molecule has 0 spiro atoms. The van der Waals surface area contributed by atoms with Crippen LogP contribution in [0.15, 0.2) is 30.5 Å². The van der Waals surface area contributed by atoms with Gasteiger partial charge < -0.3 is 4.74 Å². The number of allylic oxidation sites excluding steroid dienone is 1. The molecule has 1 aromatic rings. The first-order valence-electron chi connectivity index (χ1n) is 4.43. The third-order valence-corrected chi connectivity index (χ3v) is 1.69. The summed E-state index contributed by atoms with van der Waals surface area (Å²) in [5.74, 6) is -2.50. The van der Waals surface area contributed by atoms with Gasteiger partial charge in [0.25, 0.3) is 0 Å². The Morgan fingerprint density at radius 3 is 2.53 bits per heavy atom. The molecule has 0 aliphatic rings. The summed E-state index contributed by atoms with van der Waals surface area (Å²) in [6, 6.07) is 3.27. The van der Waals surface area contributed by atoms with E-state index in [1.807, 2.05) is 0 Å². The van der Waals surface area contributed by atoms with Gasteiger partial charge in [-0.2, -0.15) is 0 Å². The van der Waals surface area contributed by atoms with Crippen molar-refractivity contribution < 1.29 is 18.3 Å². The number of hydrogen-bond donors (Lipinski definition) is 0. The van der Waals surface area contributed by atoms with Crippen LogP contribution in [-0.2, 0) is 4.74 Å². The second kappa shape index (κ2) is 5.24. The normalized spacial score (nSPS) is 10.6. The quantitative estimate of drug-likeness (QED) is 0.435. The van der Waals surface area contributed by atoms with E-state index in [0.717, 1.165) is 24.5 Å². The van der Waals surface area contributed by atoms with Crippen molar-refractivity contribution in [1.82, 2.24) is 0 Å². The molecule has 1 aromatic carbocycles. The van der Waals surface area contributed by atoms with Crippen molar-refractivity contribution in [3.8, 4) is 0 Å². The third kappa shape index (κ3) is 2.87. The molecule has 0 saturated heterocycles. The number of ether oxygens (including phenoxy) is 1. The van der Waals surface area contributed by atoms with Gasteiger partial charge in [-0.3, -0.25) is 4.79 Å². The Hall–Kier alpha value is -1.71. The maximum absolute atomic E-state index is 13.1. The molecule has 80 valence electrons. The van der Waals surface area contributed by atoms with Crippen molar-refractivity contribution in [2.24, 2.45) is 0 Å². The number of hydrogen-bond acceptors (Lipinski definition) is 2. The Balaban J connectivity index is 2.91. The number of carbonyl (C=O) groups excluding carboxylic acids is 1. The summed E-state index contributed by atoms with van der Waals surface area (Å²) in [5.41, 5.74) is -0.562. The number of halogens is 2. The number of ketones is 1. The van der Waals surface area contributed by atoms with Gasteiger partial charge >= 0.3 is 0 Å². The van der Waals surface area contributed by atoms with E-state index in [0.29, 0.717) is 6.61 Å². The lowest BCUT2D eigenvalue weighted by molar-refractivity contribution is 0.103. The molecule has 0 aromatic heterocycles. The highest BCUT2D eigenvalue weighted by Gasteiger charge is 2.14. The van der Waals surface area contributed by atoms with Gasteiger partial charge in [0, 0.05) is 6.08 Å². The van der Waals surface area contributed by atoms with Gasteiger partial charge in [0.2, 0.25) is 0 Å². The average molecular weight is 212 g/mol. The third-order valence-electron chi connectivity index (χ3n) is 1.69. The first kappa shape index (κ1) is 11.4. The summed E-state index contributed by atoms with van der Waals surface area (Å²) < 4.78 is 30.9. The van der Waals surface area contributed by atoms with Crippen LogP contribution in [0, 0.1) is 11.6 Å². The van der Waals surface area contributed by atoms with E-state index >= 15 is 0 Å². The van der Waals surface area contributed by atoms with Crippen LogP contribution in [0.25, 0.3) is 0 Å². The van der Waals surface area contributed by atoms with Crippen LogP contribution in [0.3, 0.4) is 0 Å². The molecule has 2 nitrogen and oxygen atoms in total. The predicted octanol–water partition coefficient (Wildman–Crippen LogP) is 2.70. The summed E-state index contributed by atoms with van der Waals surface area (Å²) in [6.07, 6.45) is 2.11. The van der Waals surface area contributed by atoms with Gasteiger partial charge in [-0.15, -0.1) is 0 Å².